The first-order chi connectivity index (χ1) is 7.81. The van der Waals surface area contributed by atoms with Gasteiger partial charge in [0.2, 0.25) is 0 Å². The number of ether oxygens (including phenoxy) is 1. The Morgan fingerprint density at radius 2 is 2.19 bits per heavy atom. The number of aromatic hydroxyl groups is 1. The first-order valence-corrected chi connectivity index (χ1v) is 5.82. The van der Waals surface area contributed by atoms with Crippen LogP contribution in [0.4, 0.5) is 0 Å². The normalized spacial score (nSPS) is 22.2. The number of hydrogen-bond donors (Lipinski definition) is 2. The molecule has 3 nitrogen and oxygen atoms in total. The fourth-order valence-corrected chi connectivity index (χ4v) is 2.37. The minimum absolute atomic E-state index is 0.328. The summed E-state index contributed by atoms with van der Waals surface area (Å²) in [6.45, 7) is 2.69. The summed E-state index contributed by atoms with van der Waals surface area (Å²) in [7, 11) is 1.98. The van der Waals surface area contributed by atoms with Crippen molar-refractivity contribution in [2.45, 2.75) is 12.3 Å². The molecule has 16 heavy (non-hydrogen) atoms. The van der Waals surface area contributed by atoms with E-state index in [0.717, 1.165) is 26.2 Å². The third-order valence-corrected chi connectivity index (χ3v) is 3.28. The summed E-state index contributed by atoms with van der Waals surface area (Å²) in [5.41, 5.74) is 1.28. The Kier molecular flexibility index (Phi) is 3.80. The predicted molar refractivity (Wildman–Crippen MR) is 63.7 cm³/mol. The summed E-state index contributed by atoms with van der Waals surface area (Å²) in [6.07, 6.45) is 1.13. The first-order valence-electron chi connectivity index (χ1n) is 5.82. The Labute approximate surface area is 96.4 Å². The molecule has 0 spiro atoms. The van der Waals surface area contributed by atoms with Crippen LogP contribution in [-0.4, -0.2) is 31.9 Å². The molecule has 0 radical (unpaired) electrons. The van der Waals surface area contributed by atoms with Crippen LogP contribution in [0.5, 0.6) is 5.75 Å². The molecule has 2 N–H and O–H groups in total. The van der Waals surface area contributed by atoms with Crippen LogP contribution in [0, 0.1) is 5.92 Å². The Morgan fingerprint density at radius 3 is 2.75 bits per heavy atom. The van der Waals surface area contributed by atoms with Crippen LogP contribution < -0.4 is 5.32 Å². The van der Waals surface area contributed by atoms with Crippen LogP contribution in [0.25, 0.3) is 0 Å². The van der Waals surface area contributed by atoms with E-state index < -0.39 is 0 Å². The zero-order chi connectivity index (χ0) is 11.4. The maximum atomic E-state index is 9.29. The van der Waals surface area contributed by atoms with E-state index in [1.807, 2.05) is 19.2 Å². The van der Waals surface area contributed by atoms with Gasteiger partial charge in [0.15, 0.2) is 0 Å². The van der Waals surface area contributed by atoms with Crippen molar-refractivity contribution in [1.29, 1.82) is 0 Å². The lowest BCUT2D eigenvalue weighted by Crippen LogP contribution is -2.24. The van der Waals surface area contributed by atoms with Crippen molar-refractivity contribution in [3.8, 4) is 5.75 Å². The fourth-order valence-electron chi connectivity index (χ4n) is 2.37. The molecule has 1 aliphatic rings. The summed E-state index contributed by atoms with van der Waals surface area (Å²) in [6, 6.07) is 7.53. The number of phenols is 1. The van der Waals surface area contributed by atoms with Crippen molar-refractivity contribution in [3.63, 3.8) is 0 Å². The van der Waals surface area contributed by atoms with Gasteiger partial charge in [-0.1, -0.05) is 12.1 Å². The smallest absolute Gasteiger partial charge is 0.115 e. The lowest BCUT2D eigenvalue weighted by atomic mass is 9.85. The van der Waals surface area contributed by atoms with Gasteiger partial charge in [-0.15, -0.1) is 0 Å². The van der Waals surface area contributed by atoms with Crippen molar-refractivity contribution in [2.75, 3.05) is 26.8 Å². The van der Waals surface area contributed by atoms with Gasteiger partial charge in [0, 0.05) is 19.1 Å². The molecule has 2 atom stereocenters. The maximum Gasteiger partial charge on any atom is 0.115 e. The van der Waals surface area contributed by atoms with Crippen molar-refractivity contribution >= 4 is 0 Å². The third kappa shape index (κ3) is 2.54. The zero-order valence-electron chi connectivity index (χ0n) is 9.65. The van der Waals surface area contributed by atoms with Crippen LogP contribution in [-0.2, 0) is 4.74 Å². The second-order valence-corrected chi connectivity index (χ2v) is 4.38. The lowest BCUT2D eigenvalue weighted by Gasteiger charge is -2.22. The summed E-state index contributed by atoms with van der Waals surface area (Å²) >= 11 is 0. The quantitative estimate of drug-likeness (QED) is 0.813. The monoisotopic (exact) mass is 221 g/mol. The van der Waals surface area contributed by atoms with Crippen molar-refractivity contribution in [1.82, 2.24) is 5.32 Å². The maximum absolute atomic E-state index is 9.29. The van der Waals surface area contributed by atoms with Gasteiger partial charge in [-0.25, -0.2) is 0 Å². The highest BCUT2D eigenvalue weighted by atomic mass is 16.5. The molecule has 0 aromatic heterocycles. The van der Waals surface area contributed by atoms with E-state index in [9.17, 15) is 5.11 Å². The molecule has 0 bridgehead atoms. The second-order valence-electron chi connectivity index (χ2n) is 4.38. The molecule has 1 fully saturated rings. The van der Waals surface area contributed by atoms with Crippen LogP contribution in [0.3, 0.4) is 0 Å². The molecular weight excluding hydrogens is 202 g/mol. The highest BCUT2D eigenvalue weighted by molar-refractivity contribution is 5.29. The van der Waals surface area contributed by atoms with Gasteiger partial charge < -0.3 is 15.2 Å². The largest absolute Gasteiger partial charge is 0.508 e. The Bertz CT molecular complexity index is 317. The van der Waals surface area contributed by atoms with Crippen LogP contribution in [0.15, 0.2) is 24.3 Å². The van der Waals surface area contributed by atoms with Crippen molar-refractivity contribution in [3.05, 3.63) is 29.8 Å². The summed E-state index contributed by atoms with van der Waals surface area (Å²) < 4.78 is 5.45. The molecule has 0 aliphatic carbocycles. The topological polar surface area (TPSA) is 41.5 Å². The number of benzene rings is 1. The van der Waals surface area contributed by atoms with E-state index in [2.05, 4.69) is 5.32 Å². The lowest BCUT2D eigenvalue weighted by molar-refractivity contribution is 0.180. The highest BCUT2D eigenvalue weighted by Crippen LogP contribution is 2.31. The van der Waals surface area contributed by atoms with E-state index in [1.54, 1.807) is 12.1 Å². The molecule has 1 heterocycles. The number of rotatable bonds is 4. The molecule has 88 valence electrons. The summed E-state index contributed by atoms with van der Waals surface area (Å²) in [5, 5.41) is 12.5. The van der Waals surface area contributed by atoms with Crippen molar-refractivity contribution < 1.29 is 9.84 Å². The number of hydrogen-bond acceptors (Lipinski definition) is 3. The number of nitrogens with one attached hydrogen (secondary N) is 1. The zero-order valence-corrected chi connectivity index (χ0v) is 9.65. The minimum atomic E-state index is 0.328. The molecule has 2 rings (SSSR count). The summed E-state index contributed by atoms with van der Waals surface area (Å²) in [4.78, 5) is 0. The van der Waals surface area contributed by atoms with Gasteiger partial charge in [-0.3, -0.25) is 0 Å². The van der Waals surface area contributed by atoms with Gasteiger partial charge in [-0.05, 0) is 37.1 Å². The average molecular weight is 221 g/mol. The van der Waals surface area contributed by atoms with Crippen LogP contribution in [0.1, 0.15) is 17.9 Å². The molecule has 1 aromatic carbocycles. The number of likely N-dealkylation sites (N-methyl/N-ethyl adjacent to an activating group) is 1. The van der Waals surface area contributed by atoms with E-state index in [1.165, 1.54) is 5.56 Å². The third-order valence-electron chi connectivity index (χ3n) is 3.28. The van der Waals surface area contributed by atoms with Crippen LogP contribution in [0.2, 0.25) is 0 Å². The SMILES string of the molecule is CNCC(c1ccc(O)cc1)C1CCOC1. The Hall–Kier alpha value is -1.06. The standard InChI is InChI=1S/C13H19NO2/c1-14-8-13(11-6-7-16-9-11)10-2-4-12(15)5-3-10/h2-5,11,13-15H,6-9H2,1H3. The van der Waals surface area contributed by atoms with Gasteiger partial charge in [0.05, 0.1) is 6.61 Å². The molecule has 0 saturated carbocycles. The van der Waals surface area contributed by atoms with E-state index in [-0.39, 0.29) is 0 Å². The molecular formula is C13H19NO2. The minimum Gasteiger partial charge on any atom is -0.508 e. The molecule has 3 heteroatoms. The highest BCUT2D eigenvalue weighted by Gasteiger charge is 2.26. The molecule has 1 aromatic rings. The second kappa shape index (κ2) is 5.32. The first kappa shape index (κ1) is 11.4. The molecule has 0 amide bonds. The number of phenolic OH excluding ortho intramolecular Hbond substituents is 1. The van der Waals surface area contributed by atoms with Gasteiger partial charge >= 0.3 is 0 Å². The van der Waals surface area contributed by atoms with Gasteiger partial charge in [-0.2, -0.15) is 0 Å². The van der Waals surface area contributed by atoms with E-state index in [0.29, 0.717) is 17.6 Å². The van der Waals surface area contributed by atoms with Gasteiger partial charge in [0.1, 0.15) is 5.75 Å². The average Bonchev–Trinajstić information content (AvgIpc) is 2.81. The molecule has 2 unspecified atom stereocenters. The predicted octanol–water partition coefficient (Wildman–Crippen LogP) is 1.73. The van der Waals surface area contributed by atoms with Crippen LogP contribution >= 0.6 is 0 Å². The molecule has 1 aliphatic heterocycles. The van der Waals surface area contributed by atoms with Gasteiger partial charge in [0.25, 0.3) is 0 Å². The molecule has 1 saturated heterocycles. The van der Waals surface area contributed by atoms with E-state index in [4.69, 9.17) is 4.74 Å². The Balaban J connectivity index is 2.14. The fraction of sp³-hybridized carbons (Fsp3) is 0.538. The Morgan fingerprint density at radius 1 is 1.44 bits per heavy atom. The van der Waals surface area contributed by atoms with Crippen molar-refractivity contribution in [2.24, 2.45) is 5.92 Å². The summed E-state index contributed by atoms with van der Waals surface area (Å²) in [5.74, 6) is 1.40. The van der Waals surface area contributed by atoms with E-state index >= 15 is 0 Å².